The smallest absolute Gasteiger partial charge is 0.254 e. The van der Waals surface area contributed by atoms with Crippen LogP contribution in [0.1, 0.15) is 34.8 Å². The van der Waals surface area contributed by atoms with E-state index in [0.29, 0.717) is 24.5 Å². The van der Waals surface area contributed by atoms with Gasteiger partial charge in [-0.2, -0.15) is 0 Å². The third kappa shape index (κ3) is 7.05. The number of carbonyl (C=O) groups excluding carboxylic acids is 1. The van der Waals surface area contributed by atoms with Crippen LogP contribution in [0.2, 0.25) is 0 Å². The van der Waals surface area contributed by atoms with Crippen LogP contribution in [0.3, 0.4) is 0 Å². The van der Waals surface area contributed by atoms with Gasteiger partial charge in [-0.05, 0) is 48.4 Å². The molecule has 37 heavy (non-hydrogen) atoms. The maximum atomic E-state index is 12.6. The Kier molecular flexibility index (Phi) is 9.06. The molecule has 0 spiro atoms. The molecule has 0 aromatic heterocycles. The van der Waals surface area contributed by atoms with E-state index in [1.165, 1.54) is 5.56 Å². The Morgan fingerprint density at radius 2 is 1.81 bits per heavy atom. The van der Waals surface area contributed by atoms with Crippen molar-refractivity contribution in [1.29, 1.82) is 0 Å². The molecule has 5 rings (SSSR count). The fraction of sp³-hybridized carbons (Fsp3) is 0.194. The van der Waals surface area contributed by atoms with E-state index in [1.807, 2.05) is 85.0 Å². The highest BCUT2D eigenvalue weighted by atomic mass is 35.5. The van der Waals surface area contributed by atoms with E-state index < -0.39 is 0 Å². The summed E-state index contributed by atoms with van der Waals surface area (Å²) >= 11 is 5.91. The summed E-state index contributed by atoms with van der Waals surface area (Å²) in [6, 6.07) is 23.8. The molecule has 0 bridgehead atoms. The van der Waals surface area contributed by atoms with Crippen LogP contribution in [0, 0.1) is 6.92 Å². The molecule has 1 heterocycles. The number of alkyl halides is 1. The monoisotopic (exact) mass is 514 g/mol. The van der Waals surface area contributed by atoms with Gasteiger partial charge in [-0.1, -0.05) is 72.3 Å². The quantitative estimate of drug-likeness (QED) is 0.369. The van der Waals surface area contributed by atoms with Gasteiger partial charge >= 0.3 is 0 Å². The second-order valence-electron chi connectivity index (χ2n) is 8.73. The second-order valence-corrected chi connectivity index (χ2v) is 9.00. The predicted molar refractivity (Wildman–Crippen MR) is 148 cm³/mol. The van der Waals surface area contributed by atoms with Crippen molar-refractivity contribution in [3.05, 3.63) is 131 Å². The number of amides is 1. The summed E-state index contributed by atoms with van der Waals surface area (Å²) in [4.78, 5) is 12.6. The molecule has 3 aromatic rings. The number of rotatable bonds is 6. The van der Waals surface area contributed by atoms with Crippen molar-refractivity contribution in [2.75, 3.05) is 7.11 Å². The van der Waals surface area contributed by atoms with E-state index >= 15 is 0 Å². The lowest BCUT2D eigenvalue weighted by atomic mass is 10.0. The van der Waals surface area contributed by atoms with Gasteiger partial charge < -0.3 is 20.1 Å². The molecule has 2 aliphatic rings. The van der Waals surface area contributed by atoms with Crippen molar-refractivity contribution < 1.29 is 14.3 Å². The third-order valence-electron chi connectivity index (χ3n) is 6.02. The van der Waals surface area contributed by atoms with Gasteiger partial charge in [0.2, 0.25) is 0 Å². The number of methoxy groups -OCH3 is 1. The van der Waals surface area contributed by atoms with E-state index in [2.05, 4.69) is 29.7 Å². The first-order chi connectivity index (χ1) is 18.1. The Labute approximate surface area is 223 Å². The molecule has 190 valence electrons. The third-order valence-corrected chi connectivity index (χ3v) is 6.33. The Balaban J connectivity index is 0.000000396. The van der Waals surface area contributed by atoms with Gasteiger partial charge in [-0.3, -0.25) is 4.79 Å². The molecule has 1 unspecified atom stereocenters. The Morgan fingerprint density at radius 1 is 0.973 bits per heavy atom. The summed E-state index contributed by atoms with van der Waals surface area (Å²) in [5, 5.41) is 6.47. The van der Waals surface area contributed by atoms with Crippen molar-refractivity contribution in [1.82, 2.24) is 10.6 Å². The average molecular weight is 515 g/mol. The molecule has 6 heteroatoms. The molecule has 1 amide bonds. The highest BCUT2D eigenvalue weighted by Crippen LogP contribution is 2.28. The predicted octanol–water partition coefficient (Wildman–Crippen LogP) is 6.50. The summed E-state index contributed by atoms with van der Waals surface area (Å²) in [5.74, 6) is 1.83. The van der Waals surface area contributed by atoms with Crippen LogP contribution < -0.4 is 20.1 Å². The highest BCUT2D eigenvalue weighted by Gasteiger charge is 2.26. The summed E-state index contributed by atoms with van der Waals surface area (Å²) in [6.45, 7) is 2.42. The van der Waals surface area contributed by atoms with Crippen molar-refractivity contribution in [3.8, 4) is 11.5 Å². The fourth-order valence-corrected chi connectivity index (χ4v) is 4.23. The number of benzene rings is 3. The molecule has 5 nitrogen and oxygen atoms in total. The SMILES string of the molecule is COc1ccc(C2NC(=O)C3=C(CC=CC=C3)N2)cc1COc1cccc(CCl)c1.Cc1ccccc1. The van der Waals surface area contributed by atoms with Crippen LogP contribution >= 0.6 is 11.6 Å². The lowest BCUT2D eigenvalue weighted by molar-refractivity contribution is -0.118. The Bertz CT molecular complexity index is 1320. The number of halogens is 1. The maximum absolute atomic E-state index is 12.6. The zero-order valence-corrected chi connectivity index (χ0v) is 21.8. The van der Waals surface area contributed by atoms with Crippen molar-refractivity contribution in [3.63, 3.8) is 0 Å². The van der Waals surface area contributed by atoms with Gasteiger partial charge in [0.1, 0.15) is 24.3 Å². The molecular weight excluding hydrogens is 484 g/mol. The van der Waals surface area contributed by atoms with Gasteiger partial charge in [0.05, 0.1) is 12.7 Å². The molecule has 0 fully saturated rings. The summed E-state index contributed by atoms with van der Waals surface area (Å²) < 4.78 is 11.5. The van der Waals surface area contributed by atoms with Gasteiger partial charge in [-0.25, -0.2) is 0 Å². The van der Waals surface area contributed by atoms with E-state index in [-0.39, 0.29) is 12.1 Å². The first kappa shape index (κ1) is 26.1. The molecule has 0 radical (unpaired) electrons. The van der Waals surface area contributed by atoms with Crippen LogP contribution in [0.15, 0.2) is 108 Å². The van der Waals surface area contributed by atoms with Crippen molar-refractivity contribution in [2.45, 2.75) is 32.0 Å². The lowest BCUT2D eigenvalue weighted by Crippen LogP contribution is -2.43. The molecule has 0 saturated carbocycles. The first-order valence-corrected chi connectivity index (χ1v) is 12.7. The number of hydrogen-bond acceptors (Lipinski definition) is 4. The second kappa shape index (κ2) is 12.8. The van der Waals surface area contributed by atoms with Gasteiger partial charge in [-0.15, -0.1) is 11.6 Å². The highest BCUT2D eigenvalue weighted by molar-refractivity contribution is 6.17. The van der Waals surface area contributed by atoms with Gasteiger partial charge in [0.15, 0.2) is 0 Å². The molecular formula is C31H31ClN2O3. The maximum Gasteiger partial charge on any atom is 0.254 e. The Hall–Kier alpha value is -3.96. The minimum atomic E-state index is -0.319. The molecule has 0 saturated heterocycles. The fourth-order valence-electron chi connectivity index (χ4n) is 4.07. The Morgan fingerprint density at radius 3 is 2.54 bits per heavy atom. The van der Waals surface area contributed by atoms with E-state index in [1.54, 1.807) is 7.11 Å². The van der Waals surface area contributed by atoms with Crippen molar-refractivity contribution in [2.24, 2.45) is 0 Å². The minimum absolute atomic E-state index is 0.0831. The van der Waals surface area contributed by atoms with Crippen LogP contribution in [0.25, 0.3) is 0 Å². The van der Waals surface area contributed by atoms with Crippen LogP contribution in [-0.4, -0.2) is 13.0 Å². The van der Waals surface area contributed by atoms with Gasteiger partial charge in [0, 0.05) is 23.6 Å². The van der Waals surface area contributed by atoms with E-state index in [4.69, 9.17) is 21.1 Å². The number of allylic oxidation sites excluding steroid dienone is 3. The van der Waals surface area contributed by atoms with Crippen LogP contribution in [-0.2, 0) is 17.3 Å². The van der Waals surface area contributed by atoms with Crippen LogP contribution in [0.4, 0.5) is 0 Å². The zero-order chi connectivity index (χ0) is 26.0. The zero-order valence-electron chi connectivity index (χ0n) is 21.0. The summed E-state index contributed by atoms with van der Waals surface area (Å²) in [6.07, 6.45) is 8.06. The van der Waals surface area contributed by atoms with E-state index in [0.717, 1.165) is 33.9 Å². The molecule has 2 N–H and O–H groups in total. The number of carbonyl (C=O) groups is 1. The molecule has 3 aromatic carbocycles. The standard InChI is InChI=1S/C24H23ClN2O3.C7H8/c1-29-22-11-10-17(13-18(22)15-30-19-7-5-6-16(12-19)14-25)23-26-21-9-4-2-3-8-20(21)24(28)27-23;1-7-5-3-2-4-6-7/h2-8,10-13,23,26H,9,14-15H2,1H3,(H,27,28);2-6H,1H3. The first-order valence-electron chi connectivity index (χ1n) is 12.2. The van der Waals surface area contributed by atoms with Gasteiger partial charge in [0.25, 0.3) is 5.91 Å². The number of aryl methyl sites for hydroxylation is 1. The van der Waals surface area contributed by atoms with E-state index in [9.17, 15) is 4.79 Å². The van der Waals surface area contributed by atoms with Crippen molar-refractivity contribution >= 4 is 17.5 Å². The molecule has 1 aliphatic carbocycles. The lowest BCUT2D eigenvalue weighted by Gasteiger charge is -2.29. The number of ether oxygens (including phenoxy) is 2. The average Bonchev–Trinajstić information content (AvgIpc) is 3.19. The summed E-state index contributed by atoms with van der Waals surface area (Å²) in [5.41, 5.74) is 5.73. The largest absolute Gasteiger partial charge is 0.496 e. The molecule has 1 aliphatic heterocycles. The summed E-state index contributed by atoms with van der Waals surface area (Å²) in [7, 11) is 1.63. The van der Waals surface area contributed by atoms with Crippen LogP contribution in [0.5, 0.6) is 11.5 Å². The molecule has 1 atom stereocenters. The number of hydrogen-bond donors (Lipinski definition) is 2. The minimum Gasteiger partial charge on any atom is -0.496 e. The normalized spacial score (nSPS) is 16.0. The number of nitrogens with one attached hydrogen (secondary N) is 2. The topological polar surface area (TPSA) is 59.6 Å².